The van der Waals surface area contributed by atoms with Crippen molar-refractivity contribution in [2.24, 2.45) is 0 Å². The fraction of sp³-hybridized carbons (Fsp3) is 0.0400. The van der Waals surface area contributed by atoms with Crippen molar-refractivity contribution in [2.75, 3.05) is 0 Å². The van der Waals surface area contributed by atoms with Crippen LogP contribution in [-0.2, 0) is 6.16 Å². The van der Waals surface area contributed by atoms with Crippen LogP contribution in [0.2, 0.25) is 0 Å². The third kappa shape index (κ3) is 4.43. The quantitative estimate of drug-likeness (QED) is 0.234. The first kappa shape index (κ1) is 22.8. The van der Waals surface area contributed by atoms with E-state index in [1.54, 1.807) is 0 Å². The lowest BCUT2D eigenvalue weighted by molar-refractivity contribution is -0.385. The van der Waals surface area contributed by atoms with Crippen molar-refractivity contribution in [3.63, 3.8) is 0 Å². The van der Waals surface area contributed by atoms with Gasteiger partial charge < -0.3 is 17.0 Å². The minimum Gasteiger partial charge on any atom is -1.00 e. The van der Waals surface area contributed by atoms with Crippen LogP contribution in [0.1, 0.15) is 5.56 Å². The number of nitro benzene ring substituents is 1. The highest BCUT2D eigenvalue weighted by Gasteiger charge is 2.47. The summed E-state index contributed by atoms with van der Waals surface area (Å²) in [6, 6.07) is 33.9. The number of rotatable bonds is 6. The fourth-order valence-electron chi connectivity index (χ4n) is 3.88. The number of nitro groups is 1. The number of hydrogen-bond acceptors (Lipinski definition) is 2. The van der Waals surface area contributed by atoms with Gasteiger partial charge >= 0.3 is 0 Å². The third-order valence-corrected chi connectivity index (χ3v) is 9.61. The zero-order chi connectivity index (χ0) is 21.0. The molecule has 0 heterocycles. The molecule has 0 fully saturated rings. The Hall–Kier alpha value is -2.88. The van der Waals surface area contributed by atoms with Crippen molar-refractivity contribution in [3.8, 4) is 0 Å². The SMILES string of the molecule is O=[N+]([O-])c1cccc(F)c1C[P+](c1ccccc1)(c1ccccc1)c1ccccc1.[Br-]. The maximum atomic E-state index is 15.0. The molecule has 0 aliphatic carbocycles. The Bertz CT molecular complexity index is 1060. The summed E-state index contributed by atoms with van der Waals surface area (Å²) in [6.07, 6.45) is 0.230. The molecule has 0 amide bonds. The maximum absolute atomic E-state index is 15.0. The smallest absolute Gasteiger partial charge is 0.279 e. The third-order valence-electron chi connectivity index (χ3n) is 5.28. The highest BCUT2D eigenvalue weighted by atomic mass is 79.9. The van der Waals surface area contributed by atoms with Crippen molar-refractivity contribution in [3.05, 3.63) is 131 Å². The molecule has 0 atom stereocenters. The average molecular weight is 496 g/mol. The number of nitrogens with zero attached hydrogens (tertiary/aromatic N) is 1. The van der Waals surface area contributed by atoms with E-state index in [-0.39, 0.29) is 34.4 Å². The molecular formula is C25H20BrFNO2P. The van der Waals surface area contributed by atoms with E-state index in [1.165, 1.54) is 18.2 Å². The topological polar surface area (TPSA) is 43.1 Å². The van der Waals surface area contributed by atoms with Gasteiger partial charge in [0.05, 0.1) is 4.92 Å². The molecule has 0 aromatic heterocycles. The maximum Gasteiger partial charge on any atom is 0.279 e. The van der Waals surface area contributed by atoms with Gasteiger partial charge in [-0.25, -0.2) is 4.39 Å². The molecule has 3 nitrogen and oxygen atoms in total. The van der Waals surface area contributed by atoms with E-state index in [0.29, 0.717) is 0 Å². The van der Waals surface area contributed by atoms with E-state index in [0.717, 1.165) is 15.9 Å². The highest BCUT2D eigenvalue weighted by Crippen LogP contribution is 2.59. The van der Waals surface area contributed by atoms with Gasteiger partial charge in [-0.3, -0.25) is 10.1 Å². The molecule has 0 saturated carbocycles. The van der Waals surface area contributed by atoms with E-state index >= 15 is 4.39 Å². The predicted octanol–water partition coefficient (Wildman–Crippen LogP) is 2.23. The first-order valence-corrected chi connectivity index (χ1v) is 11.6. The van der Waals surface area contributed by atoms with Gasteiger partial charge in [0, 0.05) is 6.07 Å². The summed E-state index contributed by atoms with van der Waals surface area (Å²) < 4.78 is 15.0. The van der Waals surface area contributed by atoms with Crippen molar-refractivity contribution in [1.82, 2.24) is 0 Å². The van der Waals surface area contributed by atoms with Gasteiger partial charge in [0.1, 0.15) is 40.7 Å². The molecule has 0 bridgehead atoms. The second-order valence-electron chi connectivity index (χ2n) is 6.97. The van der Waals surface area contributed by atoms with Crippen molar-refractivity contribution < 1.29 is 26.3 Å². The van der Waals surface area contributed by atoms with Gasteiger partial charge in [-0.15, -0.1) is 0 Å². The van der Waals surface area contributed by atoms with Gasteiger partial charge in [-0.05, 0) is 42.5 Å². The van der Waals surface area contributed by atoms with Crippen LogP contribution in [0.3, 0.4) is 0 Å². The zero-order valence-corrected chi connectivity index (χ0v) is 19.0. The van der Waals surface area contributed by atoms with Crippen LogP contribution in [0.5, 0.6) is 0 Å². The first-order valence-electron chi connectivity index (χ1n) is 9.59. The predicted molar refractivity (Wildman–Crippen MR) is 122 cm³/mol. The molecule has 0 N–H and O–H groups in total. The Morgan fingerprint density at radius 2 is 1.10 bits per heavy atom. The van der Waals surface area contributed by atoms with Crippen LogP contribution < -0.4 is 32.9 Å². The van der Waals surface area contributed by atoms with Crippen LogP contribution >= 0.6 is 7.26 Å². The molecule has 0 saturated heterocycles. The largest absolute Gasteiger partial charge is 1.00 e. The zero-order valence-electron chi connectivity index (χ0n) is 16.6. The monoisotopic (exact) mass is 495 g/mol. The first-order chi connectivity index (χ1) is 14.6. The van der Waals surface area contributed by atoms with Crippen LogP contribution in [0, 0.1) is 15.9 Å². The Kier molecular flexibility index (Phi) is 7.32. The Morgan fingerprint density at radius 1 is 0.677 bits per heavy atom. The summed E-state index contributed by atoms with van der Waals surface area (Å²) in [6.45, 7) is 0. The molecule has 4 rings (SSSR count). The van der Waals surface area contributed by atoms with Crippen LogP contribution in [0.15, 0.2) is 109 Å². The number of hydrogen-bond donors (Lipinski definition) is 0. The van der Waals surface area contributed by atoms with E-state index in [1.807, 2.05) is 91.0 Å². The molecular weight excluding hydrogens is 476 g/mol. The Balaban J connectivity index is 0.00000272. The molecule has 31 heavy (non-hydrogen) atoms. The van der Waals surface area contributed by atoms with Gasteiger partial charge in [-0.2, -0.15) is 0 Å². The molecule has 0 radical (unpaired) electrons. The molecule has 0 aliphatic rings. The van der Waals surface area contributed by atoms with E-state index in [9.17, 15) is 10.1 Å². The van der Waals surface area contributed by atoms with Crippen LogP contribution in [0.4, 0.5) is 10.1 Å². The molecule has 4 aromatic rings. The summed E-state index contributed by atoms with van der Waals surface area (Å²) >= 11 is 0. The second kappa shape index (κ2) is 9.95. The number of halogens is 2. The minimum atomic E-state index is -2.41. The van der Waals surface area contributed by atoms with Gasteiger partial charge in [0.2, 0.25) is 0 Å². The molecule has 156 valence electrons. The molecule has 0 spiro atoms. The molecule has 6 heteroatoms. The Morgan fingerprint density at radius 3 is 1.48 bits per heavy atom. The summed E-state index contributed by atoms with van der Waals surface area (Å²) in [4.78, 5) is 11.2. The molecule has 0 aliphatic heterocycles. The van der Waals surface area contributed by atoms with Crippen LogP contribution in [-0.4, -0.2) is 4.92 Å². The average Bonchev–Trinajstić information content (AvgIpc) is 2.80. The fourth-order valence-corrected chi connectivity index (χ4v) is 8.15. The molecule has 4 aromatic carbocycles. The van der Waals surface area contributed by atoms with Crippen molar-refractivity contribution in [1.29, 1.82) is 0 Å². The lowest BCUT2D eigenvalue weighted by atomic mass is 10.2. The van der Waals surface area contributed by atoms with Crippen molar-refractivity contribution in [2.45, 2.75) is 6.16 Å². The summed E-state index contributed by atoms with van der Waals surface area (Å²) in [5, 5.41) is 14.9. The summed E-state index contributed by atoms with van der Waals surface area (Å²) in [7, 11) is -2.41. The normalized spacial score (nSPS) is 10.9. The summed E-state index contributed by atoms with van der Waals surface area (Å²) in [5.74, 6) is -0.545. The van der Waals surface area contributed by atoms with E-state index in [2.05, 4.69) is 0 Å². The second-order valence-corrected chi connectivity index (χ2v) is 10.5. The minimum absolute atomic E-state index is 0. The highest BCUT2D eigenvalue weighted by molar-refractivity contribution is 7.95. The van der Waals surface area contributed by atoms with Gasteiger partial charge in [-0.1, -0.05) is 60.7 Å². The number of benzene rings is 4. The lowest BCUT2D eigenvalue weighted by Gasteiger charge is -2.27. The van der Waals surface area contributed by atoms with Crippen LogP contribution in [0.25, 0.3) is 0 Å². The van der Waals surface area contributed by atoms with E-state index < -0.39 is 18.0 Å². The summed E-state index contributed by atoms with van der Waals surface area (Å²) in [5.41, 5.74) is -0.0328. The standard InChI is InChI=1S/C25H20FNO2P.BrH/c26-24-17-10-18-25(27(28)29)23(24)19-30(20-11-4-1-5-12-20,21-13-6-2-7-14-21)22-15-8-3-9-16-22;/h1-18H,19H2;1H/q+1;/p-1. The molecule has 0 unspecified atom stereocenters. The van der Waals surface area contributed by atoms with E-state index in [4.69, 9.17) is 0 Å². The van der Waals surface area contributed by atoms with Gasteiger partial charge in [0.25, 0.3) is 5.69 Å². The van der Waals surface area contributed by atoms with Crippen molar-refractivity contribution >= 4 is 28.9 Å². The Labute approximate surface area is 191 Å². The lowest BCUT2D eigenvalue weighted by Crippen LogP contribution is -3.00. The van der Waals surface area contributed by atoms with Gasteiger partial charge in [0.15, 0.2) is 0 Å².